The van der Waals surface area contributed by atoms with E-state index in [2.05, 4.69) is 271 Å². The zero-order chi connectivity index (χ0) is 47.6. The number of aromatic nitrogens is 3. The van der Waals surface area contributed by atoms with Gasteiger partial charge >= 0.3 is 0 Å². The highest BCUT2D eigenvalue weighted by Crippen LogP contribution is 2.34. The number of hydrogen-bond donors (Lipinski definition) is 0. The Morgan fingerprint density at radius 1 is 0.310 bits per heavy atom. The first-order chi connectivity index (χ1) is 35.2. The van der Waals surface area contributed by atoms with Crippen LogP contribution in [0.3, 0.4) is 0 Å². The Morgan fingerprint density at radius 3 is 1.06 bits per heavy atom. The molecule has 0 unspecified atom stereocenters. The number of nitriles is 1. The fraction of sp³-hybridized carbons (Fsp3) is 0. The van der Waals surface area contributed by atoms with Gasteiger partial charge < -0.3 is 0 Å². The largest absolute Gasteiger partial charge is 0.278 e. The molecule has 0 saturated heterocycles. The third-order valence-corrected chi connectivity index (χ3v) is 23.7. The summed E-state index contributed by atoms with van der Waals surface area (Å²) in [5, 5.41) is 22.4. The molecule has 4 nitrogen and oxygen atoms in total. The van der Waals surface area contributed by atoms with Gasteiger partial charge in [-0.2, -0.15) is 5.26 Å². The Bertz CT molecular complexity index is 3490. The van der Waals surface area contributed by atoms with Gasteiger partial charge in [-0.05, 0) is 71.8 Å². The molecule has 334 valence electrons. The molecule has 10 aromatic carbocycles. The quantitative estimate of drug-likeness (QED) is 0.0960. The van der Waals surface area contributed by atoms with Gasteiger partial charge in [0.05, 0.1) is 34.1 Å². The zero-order valence-electron chi connectivity index (χ0n) is 38.8. The average Bonchev–Trinajstić information content (AvgIpc) is 3.79. The first-order valence-corrected chi connectivity index (χ1v) is 28.0. The summed E-state index contributed by atoms with van der Waals surface area (Å²) in [6, 6.07) is 103. The van der Waals surface area contributed by atoms with Crippen molar-refractivity contribution in [3.8, 4) is 34.5 Å². The molecule has 0 bridgehead atoms. The van der Waals surface area contributed by atoms with Crippen LogP contribution in [0.25, 0.3) is 50.3 Å². The first kappa shape index (κ1) is 43.3. The van der Waals surface area contributed by atoms with Crippen molar-refractivity contribution >= 4 is 79.4 Å². The van der Waals surface area contributed by atoms with Gasteiger partial charge in [-0.3, -0.25) is 4.57 Å². The molecule has 0 fully saturated rings. The molecule has 2 aromatic heterocycles. The van der Waals surface area contributed by atoms with Gasteiger partial charge in [-0.15, -0.1) is 0 Å². The van der Waals surface area contributed by atoms with E-state index in [1.54, 1.807) is 0 Å². The SMILES string of the molecule is N#Cc1ccc2c(c1)c1ccccc1n2-c1nc(-c2cccc([Si](c3ccccc3)(c3ccccc3)c3ccccc3)c2)cc(-c2cccc([Si](c3ccccc3)(c3ccccc3)c3ccccc3)c2)n1. The third kappa shape index (κ3) is 7.44. The second-order valence-electron chi connectivity index (χ2n) is 18.0. The summed E-state index contributed by atoms with van der Waals surface area (Å²) in [6.45, 7) is 0. The number of fused-ring (bicyclic) bond motifs is 3. The smallest absolute Gasteiger partial charge is 0.235 e. The lowest BCUT2D eigenvalue weighted by molar-refractivity contribution is 0.996. The van der Waals surface area contributed by atoms with E-state index in [-0.39, 0.29) is 0 Å². The van der Waals surface area contributed by atoms with Crippen LogP contribution in [-0.4, -0.2) is 30.7 Å². The van der Waals surface area contributed by atoms with Crippen molar-refractivity contribution in [3.05, 3.63) is 285 Å². The van der Waals surface area contributed by atoms with Crippen molar-refractivity contribution in [1.29, 1.82) is 5.26 Å². The lowest BCUT2D eigenvalue weighted by Crippen LogP contribution is -2.74. The monoisotopic (exact) mass is 938 g/mol. The predicted octanol–water partition coefficient (Wildman–Crippen LogP) is 9.53. The van der Waals surface area contributed by atoms with Crippen LogP contribution < -0.4 is 41.5 Å². The highest BCUT2D eigenvalue weighted by atomic mass is 28.3. The van der Waals surface area contributed by atoms with Gasteiger partial charge in [0.25, 0.3) is 0 Å². The third-order valence-electron chi connectivity index (χ3n) is 14.1. The fourth-order valence-corrected chi connectivity index (χ4v) is 20.6. The molecule has 0 amide bonds. The molecule has 71 heavy (non-hydrogen) atoms. The van der Waals surface area contributed by atoms with Crippen LogP contribution >= 0.6 is 0 Å². The van der Waals surface area contributed by atoms with E-state index in [1.165, 1.54) is 41.5 Å². The molecule has 0 atom stereocenters. The van der Waals surface area contributed by atoms with Crippen LogP contribution in [0.1, 0.15) is 5.56 Å². The Kier molecular flexibility index (Phi) is 11.3. The first-order valence-electron chi connectivity index (χ1n) is 24.0. The van der Waals surface area contributed by atoms with Gasteiger partial charge in [0.1, 0.15) is 0 Å². The summed E-state index contributed by atoms with van der Waals surface area (Å²) in [5.41, 5.74) is 6.13. The molecule has 0 radical (unpaired) electrons. The Morgan fingerprint density at radius 2 is 0.662 bits per heavy atom. The maximum Gasteiger partial charge on any atom is 0.235 e. The lowest BCUT2D eigenvalue weighted by atomic mass is 10.1. The van der Waals surface area contributed by atoms with Gasteiger partial charge in [0.2, 0.25) is 5.95 Å². The second kappa shape index (κ2) is 18.5. The predicted molar refractivity (Wildman–Crippen MR) is 299 cm³/mol. The van der Waals surface area contributed by atoms with Crippen LogP contribution in [0, 0.1) is 11.3 Å². The Balaban J connectivity index is 1.13. The molecule has 2 heterocycles. The van der Waals surface area contributed by atoms with Crippen molar-refractivity contribution in [2.75, 3.05) is 0 Å². The second-order valence-corrected chi connectivity index (χ2v) is 25.6. The lowest BCUT2D eigenvalue weighted by Gasteiger charge is -2.34. The van der Waals surface area contributed by atoms with Crippen molar-refractivity contribution in [3.63, 3.8) is 0 Å². The topological polar surface area (TPSA) is 54.5 Å². The normalized spacial score (nSPS) is 11.6. The average molecular weight is 939 g/mol. The van der Waals surface area contributed by atoms with Crippen molar-refractivity contribution in [2.24, 2.45) is 0 Å². The van der Waals surface area contributed by atoms with E-state index < -0.39 is 16.1 Å². The minimum atomic E-state index is -2.89. The van der Waals surface area contributed by atoms with Crippen LogP contribution in [-0.2, 0) is 0 Å². The van der Waals surface area contributed by atoms with Crippen LogP contribution in [0.4, 0.5) is 0 Å². The molecular formula is C65H46N4Si2. The number of hydrogen-bond acceptors (Lipinski definition) is 3. The molecular weight excluding hydrogens is 893 g/mol. The van der Waals surface area contributed by atoms with Crippen LogP contribution in [0.15, 0.2) is 279 Å². The van der Waals surface area contributed by atoms with E-state index in [9.17, 15) is 5.26 Å². The highest BCUT2D eigenvalue weighted by molar-refractivity contribution is 7.20. The molecule has 12 rings (SSSR count). The maximum atomic E-state index is 10.0. The molecule has 0 N–H and O–H groups in total. The fourth-order valence-electron chi connectivity index (χ4n) is 11.0. The molecule has 0 aliphatic rings. The van der Waals surface area contributed by atoms with Crippen LogP contribution in [0.2, 0.25) is 0 Å². The van der Waals surface area contributed by atoms with Gasteiger partial charge in [0.15, 0.2) is 16.1 Å². The molecule has 6 heteroatoms. The van der Waals surface area contributed by atoms with E-state index in [4.69, 9.17) is 9.97 Å². The highest BCUT2D eigenvalue weighted by Gasteiger charge is 2.43. The molecule has 0 aliphatic carbocycles. The summed E-state index contributed by atoms with van der Waals surface area (Å²) in [6.07, 6.45) is 0. The minimum absolute atomic E-state index is 0.555. The zero-order valence-corrected chi connectivity index (χ0v) is 40.8. The number of rotatable bonds is 11. The summed E-state index contributed by atoms with van der Waals surface area (Å²) in [4.78, 5) is 11.2. The number of benzene rings is 10. The number of nitrogens with zero attached hydrogens (tertiary/aromatic N) is 4. The maximum absolute atomic E-state index is 10.0. The minimum Gasteiger partial charge on any atom is -0.278 e. The summed E-state index contributed by atoms with van der Waals surface area (Å²) in [5.74, 6) is 0.555. The van der Waals surface area contributed by atoms with Gasteiger partial charge in [-0.25, -0.2) is 9.97 Å². The summed E-state index contributed by atoms with van der Waals surface area (Å²) in [7, 11) is -5.77. The Labute approximate surface area is 416 Å². The van der Waals surface area contributed by atoms with Crippen LogP contribution in [0.5, 0.6) is 0 Å². The van der Waals surface area contributed by atoms with E-state index >= 15 is 0 Å². The van der Waals surface area contributed by atoms with Gasteiger partial charge in [0, 0.05) is 21.9 Å². The Hall–Kier alpha value is -9.00. The summed E-state index contributed by atoms with van der Waals surface area (Å²) < 4.78 is 2.17. The van der Waals surface area contributed by atoms with Crippen molar-refractivity contribution in [2.45, 2.75) is 0 Å². The van der Waals surface area contributed by atoms with E-state index in [1.807, 2.05) is 18.2 Å². The van der Waals surface area contributed by atoms with Crippen molar-refractivity contribution in [1.82, 2.24) is 14.5 Å². The molecule has 12 aromatic rings. The van der Waals surface area contributed by atoms with Gasteiger partial charge in [-0.1, -0.05) is 249 Å². The van der Waals surface area contributed by atoms with E-state index in [0.717, 1.165) is 44.3 Å². The molecule has 0 spiro atoms. The summed E-state index contributed by atoms with van der Waals surface area (Å²) >= 11 is 0. The standard InChI is InChI=1S/C65H46N4Si2/c66-47-48-41-42-64-60(43-48)59-39-19-20-40-63(59)69(64)65-67-61(49-23-21-37-57(44-49)70(51-25-7-1-8-26-51,52-27-9-2-10-28-52)53-29-11-3-12-30-53)46-62(68-65)50-24-22-38-58(45-50)71(54-31-13-4-14-32-54,55-33-15-5-16-34-55)56-35-17-6-18-36-56/h1-46H. The molecule has 0 saturated carbocycles. The van der Waals surface area contributed by atoms with Crippen molar-refractivity contribution < 1.29 is 0 Å². The molecule has 0 aliphatic heterocycles. The number of para-hydroxylation sites is 1. The van der Waals surface area contributed by atoms with E-state index in [0.29, 0.717) is 11.5 Å².